The van der Waals surface area contributed by atoms with Gasteiger partial charge in [0.25, 0.3) is 0 Å². The Labute approximate surface area is 306 Å². The van der Waals surface area contributed by atoms with Crippen LogP contribution in [0.25, 0.3) is 32.7 Å². The maximum absolute atomic E-state index is 11.3. The number of esters is 2. The molecule has 0 bridgehead atoms. The lowest BCUT2D eigenvalue weighted by Crippen LogP contribution is -2.28. The second kappa shape index (κ2) is 15.0. The van der Waals surface area contributed by atoms with Crippen molar-refractivity contribution < 1.29 is 38.7 Å². The minimum atomic E-state index is -1.05. The van der Waals surface area contributed by atoms with Crippen LogP contribution >= 0.6 is 0 Å². The summed E-state index contributed by atoms with van der Waals surface area (Å²) in [5, 5.41) is 24.5. The summed E-state index contributed by atoms with van der Waals surface area (Å²) in [7, 11) is 0. The van der Waals surface area contributed by atoms with Crippen LogP contribution in [0.2, 0.25) is 0 Å². The molecule has 0 fully saturated rings. The molecular formula is C45H34O8. The van der Waals surface area contributed by atoms with Crippen LogP contribution in [0.3, 0.4) is 0 Å². The molecule has 2 unspecified atom stereocenters. The second-order valence-electron chi connectivity index (χ2n) is 12.7. The molecule has 0 aromatic heterocycles. The number of carbonyl (C=O) groups excluding carboxylic acids is 2. The first-order chi connectivity index (χ1) is 25.8. The number of aliphatic hydroxyl groups is 2. The molecule has 0 heterocycles. The molecule has 262 valence electrons. The minimum absolute atomic E-state index is 0.0886. The van der Waals surface area contributed by atoms with Crippen LogP contribution in [0.5, 0.6) is 11.5 Å². The molecule has 0 amide bonds. The third-order valence-electron chi connectivity index (χ3n) is 9.38. The number of terminal acetylenes is 2. The summed E-state index contributed by atoms with van der Waals surface area (Å²) in [6.07, 6.45) is 7.97. The molecule has 53 heavy (non-hydrogen) atoms. The first kappa shape index (κ1) is 34.9. The normalized spacial score (nSPS) is 13.5. The predicted octanol–water partition coefficient (Wildman–Crippen LogP) is 6.19. The summed E-state index contributed by atoms with van der Waals surface area (Å²) in [5.74, 6) is 3.12. The smallest absolute Gasteiger partial charge is 0.384 e. The van der Waals surface area contributed by atoms with Crippen molar-refractivity contribution in [3.05, 3.63) is 144 Å². The molecule has 7 rings (SSSR count). The van der Waals surface area contributed by atoms with E-state index in [-0.39, 0.29) is 26.4 Å². The molecule has 0 saturated carbocycles. The first-order valence-electron chi connectivity index (χ1n) is 17.0. The molecule has 0 aliphatic heterocycles. The lowest BCUT2D eigenvalue weighted by Gasteiger charge is -2.34. The van der Waals surface area contributed by atoms with E-state index in [0.717, 1.165) is 54.9 Å². The zero-order valence-corrected chi connectivity index (χ0v) is 28.5. The van der Waals surface area contributed by atoms with Gasteiger partial charge in [-0.1, -0.05) is 84.9 Å². The number of ether oxygens (including phenoxy) is 4. The van der Waals surface area contributed by atoms with Gasteiger partial charge in [-0.25, -0.2) is 9.59 Å². The van der Waals surface area contributed by atoms with Crippen molar-refractivity contribution in [1.82, 2.24) is 0 Å². The van der Waals surface area contributed by atoms with E-state index in [9.17, 15) is 19.8 Å². The van der Waals surface area contributed by atoms with E-state index in [1.165, 1.54) is 0 Å². The Bertz CT molecular complexity index is 2260. The van der Waals surface area contributed by atoms with Crippen LogP contribution in [0.4, 0.5) is 0 Å². The molecule has 1 aliphatic carbocycles. The van der Waals surface area contributed by atoms with Crippen molar-refractivity contribution in [3.63, 3.8) is 0 Å². The lowest BCUT2D eigenvalue weighted by atomic mass is 9.67. The number of benzene rings is 6. The highest BCUT2D eigenvalue weighted by atomic mass is 16.6. The summed E-state index contributed by atoms with van der Waals surface area (Å²) in [6.45, 7) is -0.717. The van der Waals surface area contributed by atoms with Gasteiger partial charge >= 0.3 is 11.9 Å². The van der Waals surface area contributed by atoms with Crippen molar-refractivity contribution in [2.24, 2.45) is 0 Å². The predicted molar refractivity (Wildman–Crippen MR) is 201 cm³/mol. The van der Waals surface area contributed by atoms with Gasteiger partial charge in [0.2, 0.25) is 0 Å². The van der Waals surface area contributed by atoms with E-state index >= 15 is 0 Å². The number of carbonyl (C=O) groups is 2. The molecular weight excluding hydrogens is 668 g/mol. The molecule has 1 aliphatic rings. The Morgan fingerprint density at radius 2 is 0.962 bits per heavy atom. The molecule has 0 spiro atoms. The summed E-state index contributed by atoms with van der Waals surface area (Å²) in [5.41, 5.74) is 6.00. The van der Waals surface area contributed by atoms with Gasteiger partial charge in [0, 0.05) is 11.8 Å². The van der Waals surface area contributed by atoms with Crippen molar-refractivity contribution in [1.29, 1.82) is 0 Å². The Hall–Kier alpha value is -6.58. The van der Waals surface area contributed by atoms with Gasteiger partial charge in [-0.2, -0.15) is 0 Å². The highest BCUT2D eigenvalue weighted by molar-refractivity contribution is 5.92. The fraction of sp³-hybridized carbons (Fsp3) is 0.156. The van der Waals surface area contributed by atoms with Gasteiger partial charge < -0.3 is 29.2 Å². The van der Waals surface area contributed by atoms with Crippen LogP contribution in [-0.2, 0) is 24.5 Å². The van der Waals surface area contributed by atoms with Gasteiger partial charge in [-0.3, -0.25) is 0 Å². The van der Waals surface area contributed by atoms with E-state index in [1.54, 1.807) is 0 Å². The zero-order valence-electron chi connectivity index (χ0n) is 28.5. The third-order valence-corrected chi connectivity index (χ3v) is 9.38. The average molecular weight is 703 g/mol. The topological polar surface area (TPSA) is 112 Å². The molecule has 6 aromatic carbocycles. The molecule has 2 N–H and O–H groups in total. The van der Waals surface area contributed by atoms with Gasteiger partial charge in [0.1, 0.15) is 50.1 Å². The van der Waals surface area contributed by atoms with E-state index in [0.29, 0.717) is 11.5 Å². The standard InChI is InChI=1S/C45H34O8/c1-3-43(48)52-27-35(46)25-50-37-19-15-29-13-17-33(21-31(29)23-37)45(41-11-7-5-9-39(41)40-10-6-8-12-42(40)45)34-18-14-30-16-20-38(24-32(30)22-34)51-26-36(47)28-53-44(49)4-2/h1-2,5-24,35-36,46-47H,25-28H2. The van der Waals surface area contributed by atoms with E-state index < -0.39 is 29.6 Å². The Kier molecular flexibility index (Phi) is 9.83. The van der Waals surface area contributed by atoms with E-state index in [4.69, 9.17) is 31.8 Å². The van der Waals surface area contributed by atoms with Crippen molar-refractivity contribution in [3.8, 4) is 47.3 Å². The fourth-order valence-electron chi connectivity index (χ4n) is 7.03. The van der Waals surface area contributed by atoms with Gasteiger partial charge in [-0.05, 0) is 91.3 Å². The highest BCUT2D eigenvalue weighted by Crippen LogP contribution is 2.56. The van der Waals surface area contributed by atoms with E-state index in [2.05, 4.69) is 84.9 Å². The van der Waals surface area contributed by atoms with Gasteiger partial charge in [-0.15, -0.1) is 12.8 Å². The van der Waals surface area contributed by atoms with Crippen LogP contribution in [0.1, 0.15) is 22.3 Å². The van der Waals surface area contributed by atoms with Gasteiger partial charge in [0.15, 0.2) is 0 Å². The van der Waals surface area contributed by atoms with Crippen LogP contribution < -0.4 is 9.47 Å². The largest absolute Gasteiger partial charge is 0.491 e. The number of fused-ring (bicyclic) bond motifs is 5. The minimum Gasteiger partial charge on any atom is -0.491 e. The lowest BCUT2D eigenvalue weighted by molar-refractivity contribution is -0.140. The quantitative estimate of drug-likeness (QED) is 0.0882. The van der Waals surface area contributed by atoms with Gasteiger partial charge in [0.05, 0.1) is 5.41 Å². The zero-order chi connectivity index (χ0) is 37.0. The molecule has 8 heteroatoms. The molecule has 8 nitrogen and oxygen atoms in total. The third kappa shape index (κ3) is 6.90. The second-order valence-corrected chi connectivity index (χ2v) is 12.7. The van der Waals surface area contributed by atoms with Crippen molar-refractivity contribution >= 4 is 33.5 Å². The average Bonchev–Trinajstić information content (AvgIpc) is 3.50. The first-order valence-corrected chi connectivity index (χ1v) is 17.0. The summed E-state index contributed by atoms with van der Waals surface area (Å²) in [6, 6.07) is 41.3. The molecule has 6 aromatic rings. The molecule has 2 atom stereocenters. The van der Waals surface area contributed by atoms with Crippen LogP contribution in [-0.4, -0.2) is 60.8 Å². The maximum Gasteiger partial charge on any atom is 0.384 e. The number of hydrogen-bond acceptors (Lipinski definition) is 8. The SMILES string of the molecule is C#CC(=O)OCC(O)COc1ccc2ccc(C3(c4ccc5ccc(OCC(O)COC(=O)C#C)cc5c4)c4ccccc4-c4ccccc43)cc2c1. The van der Waals surface area contributed by atoms with Crippen molar-refractivity contribution in [2.45, 2.75) is 17.6 Å². The highest BCUT2D eigenvalue weighted by Gasteiger charge is 2.46. The summed E-state index contributed by atoms with van der Waals surface area (Å²) in [4.78, 5) is 22.6. The number of rotatable bonds is 12. The van der Waals surface area contributed by atoms with Crippen LogP contribution in [0, 0.1) is 24.7 Å². The van der Waals surface area contributed by atoms with Crippen molar-refractivity contribution in [2.75, 3.05) is 26.4 Å². The molecule has 0 radical (unpaired) electrons. The summed E-state index contributed by atoms with van der Waals surface area (Å²) >= 11 is 0. The van der Waals surface area contributed by atoms with Crippen LogP contribution in [0.15, 0.2) is 121 Å². The Morgan fingerprint density at radius 1 is 0.547 bits per heavy atom. The van der Waals surface area contributed by atoms with E-state index in [1.807, 2.05) is 48.2 Å². The Balaban J connectivity index is 1.29. The number of aliphatic hydroxyl groups excluding tert-OH is 2. The Morgan fingerprint density at radius 3 is 1.40 bits per heavy atom. The fourth-order valence-corrected chi connectivity index (χ4v) is 7.03. The maximum atomic E-state index is 11.3. The summed E-state index contributed by atoms with van der Waals surface area (Å²) < 4.78 is 21.5. The number of hydrogen-bond donors (Lipinski definition) is 2. The monoisotopic (exact) mass is 702 g/mol. The molecule has 0 saturated heterocycles.